The number of carbonyl (C=O) groups excluding carboxylic acids is 2. The third-order valence-corrected chi connectivity index (χ3v) is 3.26. The predicted molar refractivity (Wildman–Crippen MR) is 86.0 cm³/mol. The second kappa shape index (κ2) is 7.42. The van der Waals surface area contributed by atoms with Gasteiger partial charge in [0, 0.05) is 25.9 Å². The number of alkyl halides is 3. The van der Waals surface area contributed by atoms with Crippen LogP contribution in [0.25, 0.3) is 16.8 Å². The van der Waals surface area contributed by atoms with Crippen molar-refractivity contribution in [1.29, 1.82) is 0 Å². The molecule has 2 rings (SSSR count). The monoisotopic (exact) mass is 368 g/mol. The molecule has 138 valence electrons. The number of esters is 1. The summed E-state index contributed by atoms with van der Waals surface area (Å²) in [6, 6.07) is 8.21. The molecule has 0 aliphatic rings. The van der Waals surface area contributed by atoms with Crippen LogP contribution < -0.4 is 0 Å². The minimum absolute atomic E-state index is 0.0212. The molecule has 6 nitrogen and oxygen atoms in total. The van der Waals surface area contributed by atoms with Crippen molar-refractivity contribution in [2.24, 2.45) is 0 Å². The number of hydrogen-bond acceptors (Lipinski definition) is 6. The van der Waals surface area contributed by atoms with Gasteiger partial charge in [0.2, 0.25) is 0 Å². The fourth-order valence-electron chi connectivity index (χ4n) is 2.19. The minimum Gasteiger partial charge on any atom is -0.465 e. The summed E-state index contributed by atoms with van der Waals surface area (Å²) in [6.45, 7) is 0. The van der Waals surface area contributed by atoms with Crippen molar-refractivity contribution >= 4 is 17.3 Å². The molecule has 0 saturated carbocycles. The third kappa shape index (κ3) is 3.93. The van der Waals surface area contributed by atoms with E-state index in [-0.39, 0.29) is 11.3 Å². The molecule has 0 atom stereocenters. The van der Waals surface area contributed by atoms with Gasteiger partial charge in [0.25, 0.3) is 5.78 Å². The number of ether oxygens (including phenoxy) is 1. The van der Waals surface area contributed by atoms with Gasteiger partial charge < -0.3 is 14.2 Å². The summed E-state index contributed by atoms with van der Waals surface area (Å²) >= 11 is 0. The molecule has 1 aromatic heterocycles. The topological polar surface area (TPSA) is 72.6 Å². The van der Waals surface area contributed by atoms with Gasteiger partial charge in [-0.05, 0) is 0 Å². The van der Waals surface area contributed by atoms with E-state index in [1.807, 2.05) is 0 Å². The first-order valence-electron chi connectivity index (χ1n) is 7.30. The van der Waals surface area contributed by atoms with Crippen molar-refractivity contribution in [2.45, 2.75) is 6.18 Å². The Labute approximate surface area is 146 Å². The number of nitrogens with zero attached hydrogens (tertiary/aromatic N) is 2. The van der Waals surface area contributed by atoms with E-state index < -0.39 is 29.3 Å². The van der Waals surface area contributed by atoms with Crippen molar-refractivity contribution < 1.29 is 32.0 Å². The number of aromatic nitrogens is 1. The van der Waals surface area contributed by atoms with Crippen LogP contribution in [0.1, 0.15) is 16.1 Å². The number of methoxy groups -OCH3 is 1. The van der Waals surface area contributed by atoms with Crippen molar-refractivity contribution in [3.8, 4) is 11.3 Å². The maximum Gasteiger partial charge on any atom is 0.455 e. The first-order valence-corrected chi connectivity index (χ1v) is 7.30. The molecule has 9 heteroatoms. The van der Waals surface area contributed by atoms with Gasteiger partial charge in [0.05, 0.1) is 12.7 Å². The van der Waals surface area contributed by atoms with E-state index >= 15 is 0 Å². The minimum atomic E-state index is -5.16. The van der Waals surface area contributed by atoms with E-state index in [2.05, 4.69) is 9.89 Å². The molecule has 0 saturated heterocycles. The van der Waals surface area contributed by atoms with Crippen LogP contribution >= 0.6 is 0 Å². The summed E-state index contributed by atoms with van der Waals surface area (Å²) in [4.78, 5) is 25.3. The van der Waals surface area contributed by atoms with E-state index in [0.29, 0.717) is 5.56 Å². The molecular formula is C17H15F3N2O4. The van der Waals surface area contributed by atoms with Gasteiger partial charge in [-0.3, -0.25) is 4.79 Å². The number of rotatable bonds is 5. The Balaban J connectivity index is 2.72. The highest BCUT2D eigenvalue weighted by Crippen LogP contribution is 2.34. The summed E-state index contributed by atoms with van der Waals surface area (Å²) in [5.74, 6) is -3.74. The van der Waals surface area contributed by atoms with Gasteiger partial charge in [0.1, 0.15) is 11.3 Å². The van der Waals surface area contributed by atoms with Gasteiger partial charge >= 0.3 is 12.1 Å². The van der Waals surface area contributed by atoms with E-state index in [1.54, 1.807) is 30.3 Å². The summed E-state index contributed by atoms with van der Waals surface area (Å²) in [5, 5.41) is 3.69. The van der Waals surface area contributed by atoms with Crippen LogP contribution in [0.4, 0.5) is 13.2 Å². The number of hydrogen-bond donors (Lipinski definition) is 0. The van der Waals surface area contributed by atoms with Crippen LogP contribution in [0.3, 0.4) is 0 Å². The van der Waals surface area contributed by atoms with Gasteiger partial charge in [-0.1, -0.05) is 35.5 Å². The molecular weight excluding hydrogens is 353 g/mol. The zero-order valence-electron chi connectivity index (χ0n) is 14.1. The largest absolute Gasteiger partial charge is 0.465 e. The molecule has 0 fully saturated rings. The van der Waals surface area contributed by atoms with Crippen LogP contribution in [-0.4, -0.2) is 49.2 Å². The first kappa shape index (κ1) is 19.2. The van der Waals surface area contributed by atoms with Crippen LogP contribution in [0.15, 0.2) is 41.1 Å². The predicted octanol–water partition coefficient (Wildman–Crippen LogP) is 3.16. The van der Waals surface area contributed by atoms with Gasteiger partial charge in [-0.25, -0.2) is 4.79 Å². The molecule has 0 aliphatic heterocycles. The Morgan fingerprint density at radius 3 is 2.31 bits per heavy atom. The van der Waals surface area contributed by atoms with Gasteiger partial charge in [-0.15, -0.1) is 0 Å². The van der Waals surface area contributed by atoms with Crippen molar-refractivity contribution in [1.82, 2.24) is 10.1 Å². The number of halogens is 3. The maximum atomic E-state index is 13.0. The number of allylic oxidation sites excluding steroid dienone is 1. The molecule has 0 amide bonds. The average molecular weight is 368 g/mol. The van der Waals surface area contributed by atoms with E-state index in [4.69, 9.17) is 4.52 Å². The van der Waals surface area contributed by atoms with Gasteiger partial charge in [0.15, 0.2) is 5.76 Å². The smallest absolute Gasteiger partial charge is 0.455 e. The summed E-state index contributed by atoms with van der Waals surface area (Å²) in [5.41, 5.74) is -0.805. The van der Waals surface area contributed by atoms with E-state index in [1.165, 1.54) is 19.0 Å². The van der Waals surface area contributed by atoms with Crippen LogP contribution in [0, 0.1) is 0 Å². The quantitative estimate of drug-likeness (QED) is 0.596. The molecule has 0 aliphatic carbocycles. The fraction of sp³-hybridized carbons (Fsp3) is 0.235. The van der Waals surface area contributed by atoms with Crippen LogP contribution in [0.5, 0.6) is 0 Å². The fourth-order valence-corrected chi connectivity index (χ4v) is 2.19. The van der Waals surface area contributed by atoms with Crippen LogP contribution in [-0.2, 0) is 9.53 Å². The standard InChI is InChI=1S/C17H15F3N2O4/c1-22(2)9-11(15(23)17(18,19)20)14-12(16(24)25-3)13(21-26-14)10-7-5-4-6-8-10/h4-9H,1-3H3/b11-9-. The summed E-state index contributed by atoms with van der Waals surface area (Å²) in [7, 11) is 3.92. The lowest BCUT2D eigenvalue weighted by Gasteiger charge is -2.12. The Hall–Kier alpha value is -3.10. The molecule has 1 aromatic carbocycles. The zero-order valence-corrected chi connectivity index (χ0v) is 14.1. The Bertz CT molecular complexity index is 839. The molecule has 1 heterocycles. The maximum absolute atomic E-state index is 13.0. The number of Topliss-reactive ketones (excluding diaryl/α,β-unsaturated/α-hetero) is 1. The summed E-state index contributed by atoms with van der Waals surface area (Å²) < 4.78 is 48.6. The molecule has 2 aromatic rings. The number of ketones is 1. The van der Waals surface area contributed by atoms with Crippen molar-refractivity contribution in [3.05, 3.63) is 47.9 Å². The van der Waals surface area contributed by atoms with Gasteiger partial charge in [-0.2, -0.15) is 13.2 Å². The second-order valence-electron chi connectivity index (χ2n) is 5.43. The molecule has 0 N–H and O–H groups in total. The molecule has 0 unspecified atom stereocenters. The third-order valence-electron chi connectivity index (χ3n) is 3.26. The first-order chi connectivity index (χ1) is 12.2. The van der Waals surface area contributed by atoms with Crippen LogP contribution in [0.2, 0.25) is 0 Å². The Kier molecular flexibility index (Phi) is 5.49. The SMILES string of the molecule is COC(=O)c1c(-c2ccccc2)noc1/C(=C/N(C)C)C(=O)C(F)(F)F. The highest BCUT2D eigenvalue weighted by Gasteiger charge is 2.44. The average Bonchev–Trinajstić information content (AvgIpc) is 3.03. The highest BCUT2D eigenvalue weighted by atomic mass is 19.4. The number of carbonyl (C=O) groups is 2. The summed E-state index contributed by atoms with van der Waals surface area (Å²) in [6.07, 6.45) is -4.24. The van der Waals surface area contributed by atoms with Crippen molar-refractivity contribution in [2.75, 3.05) is 21.2 Å². The van der Waals surface area contributed by atoms with E-state index in [9.17, 15) is 22.8 Å². The van der Waals surface area contributed by atoms with Crippen molar-refractivity contribution in [3.63, 3.8) is 0 Å². The van der Waals surface area contributed by atoms with E-state index in [0.717, 1.165) is 13.3 Å². The normalized spacial score (nSPS) is 12.0. The lowest BCUT2D eigenvalue weighted by Crippen LogP contribution is -2.25. The highest BCUT2D eigenvalue weighted by molar-refractivity contribution is 6.24. The lowest BCUT2D eigenvalue weighted by atomic mass is 10.0. The molecule has 0 bridgehead atoms. The zero-order chi connectivity index (χ0) is 19.5. The Morgan fingerprint density at radius 2 is 1.81 bits per heavy atom. The molecule has 0 spiro atoms. The number of benzene rings is 1. The Morgan fingerprint density at radius 1 is 1.19 bits per heavy atom. The lowest BCUT2D eigenvalue weighted by molar-refractivity contribution is -0.164. The molecule has 0 radical (unpaired) electrons. The second-order valence-corrected chi connectivity index (χ2v) is 5.43. The molecule has 26 heavy (non-hydrogen) atoms.